The van der Waals surface area contributed by atoms with E-state index in [1.807, 2.05) is 11.8 Å². The van der Waals surface area contributed by atoms with Gasteiger partial charge in [0, 0.05) is 19.1 Å². The Balaban J connectivity index is 2.03. The van der Waals surface area contributed by atoms with E-state index in [1.165, 1.54) is 20.0 Å². The van der Waals surface area contributed by atoms with Crippen LogP contribution in [0.3, 0.4) is 0 Å². The van der Waals surface area contributed by atoms with Crippen molar-refractivity contribution in [2.45, 2.75) is 57.5 Å². The summed E-state index contributed by atoms with van der Waals surface area (Å²) in [5.41, 5.74) is 0. The van der Waals surface area contributed by atoms with Gasteiger partial charge >= 0.3 is 5.97 Å². The van der Waals surface area contributed by atoms with Crippen LogP contribution in [0.2, 0.25) is 0 Å². The van der Waals surface area contributed by atoms with Crippen molar-refractivity contribution >= 4 is 11.9 Å². The zero-order valence-corrected chi connectivity index (χ0v) is 12.6. The summed E-state index contributed by atoms with van der Waals surface area (Å²) in [4.78, 5) is 28.2. The molecule has 1 saturated heterocycles. The summed E-state index contributed by atoms with van der Waals surface area (Å²) < 4.78 is 4.79. The maximum absolute atomic E-state index is 12.5. The molecule has 0 spiro atoms. The highest BCUT2D eigenvalue weighted by Gasteiger charge is 2.34. The Kier molecular flexibility index (Phi) is 5.40. The van der Waals surface area contributed by atoms with Crippen molar-refractivity contribution in [3.63, 3.8) is 0 Å². The van der Waals surface area contributed by atoms with E-state index >= 15 is 0 Å². The average Bonchev–Trinajstić information content (AvgIpc) is 3.14. The Labute approximate surface area is 121 Å². The molecule has 1 heterocycles. The number of likely N-dealkylation sites (tertiary alicyclic amines) is 1. The summed E-state index contributed by atoms with van der Waals surface area (Å²) in [6.07, 6.45) is 6.72. The molecule has 1 amide bonds. The molecule has 2 rings (SSSR count). The van der Waals surface area contributed by atoms with Gasteiger partial charge in [-0.2, -0.15) is 0 Å². The Bertz CT molecular complexity index is 347. The highest BCUT2D eigenvalue weighted by molar-refractivity contribution is 5.82. The Morgan fingerprint density at radius 3 is 2.35 bits per heavy atom. The van der Waals surface area contributed by atoms with E-state index in [4.69, 9.17) is 4.74 Å². The van der Waals surface area contributed by atoms with Crippen molar-refractivity contribution in [3.8, 4) is 0 Å². The van der Waals surface area contributed by atoms with Gasteiger partial charge in [0.2, 0.25) is 5.91 Å². The van der Waals surface area contributed by atoms with E-state index in [9.17, 15) is 9.59 Å². The van der Waals surface area contributed by atoms with Crippen LogP contribution in [-0.2, 0) is 14.3 Å². The van der Waals surface area contributed by atoms with Gasteiger partial charge in [-0.1, -0.05) is 12.8 Å². The number of nitrogens with zero attached hydrogens (tertiary/aromatic N) is 2. The number of esters is 1. The second-order valence-corrected chi connectivity index (χ2v) is 5.90. The molecule has 1 atom stereocenters. The summed E-state index contributed by atoms with van der Waals surface area (Å²) in [6.45, 7) is 3.88. The summed E-state index contributed by atoms with van der Waals surface area (Å²) in [5, 5.41) is 0. The molecule has 1 unspecified atom stereocenters. The number of carbonyl (C=O) groups excluding carboxylic acids is 2. The molecule has 1 saturated carbocycles. The maximum atomic E-state index is 12.5. The number of ether oxygens (including phenoxy) is 1. The average molecular weight is 282 g/mol. The Morgan fingerprint density at radius 1 is 1.20 bits per heavy atom. The first kappa shape index (κ1) is 15.3. The molecular weight excluding hydrogens is 256 g/mol. The summed E-state index contributed by atoms with van der Waals surface area (Å²) >= 11 is 0. The van der Waals surface area contributed by atoms with E-state index in [0.29, 0.717) is 6.04 Å². The molecule has 5 nitrogen and oxygen atoms in total. The van der Waals surface area contributed by atoms with E-state index in [0.717, 1.165) is 38.8 Å². The first-order chi connectivity index (χ1) is 9.63. The SMILES string of the molecule is COC(=O)CN(C1CCCC1)C(C)C(=O)N1CCCC1. The Morgan fingerprint density at radius 2 is 1.80 bits per heavy atom. The zero-order valence-electron chi connectivity index (χ0n) is 12.6. The number of rotatable bonds is 5. The molecule has 0 aromatic carbocycles. The number of methoxy groups -OCH3 is 1. The lowest BCUT2D eigenvalue weighted by Crippen LogP contribution is -2.51. The number of hydrogen-bond donors (Lipinski definition) is 0. The smallest absolute Gasteiger partial charge is 0.319 e. The molecule has 2 fully saturated rings. The summed E-state index contributed by atoms with van der Waals surface area (Å²) in [7, 11) is 1.40. The van der Waals surface area contributed by atoms with Crippen molar-refractivity contribution in [1.82, 2.24) is 9.80 Å². The molecule has 0 aromatic rings. The molecule has 0 aromatic heterocycles. The highest BCUT2D eigenvalue weighted by atomic mass is 16.5. The number of amides is 1. The van der Waals surface area contributed by atoms with Crippen molar-refractivity contribution in [2.24, 2.45) is 0 Å². The third kappa shape index (κ3) is 3.51. The molecule has 5 heteroatoms. The van der Waals surface area contributed by atoms with Crippen LogP contribution < -0.4 is 0 Å². The lowest BCUT2D eigenvalue weighted by molar-refractivity contribution is -0.145. The third-order valence-electron chi connectivity index (χ3n) is 4.61. The molecule has 114 valence electrons. The maximum Gasteiger partial charge on any atom is 0.319 e. The Hall–Kier alpha value is -1.10. The highest BCUT2D eigenvalue weighted by Crippen LogP contribution is 2.26. The number of carbonyl (C=O) groups is 2. The molecule has 0 radical (unpaired) electrons. The van der Waals surface area contributed by atoms with Gasteiger partial charge in [0.05, 0.1) is 19.7 Å². The van der Waals surface area contributed by atoms with Crippen LogP contribution in [0.15, 0.2) is 0 Å². The van der Waals surface area contributed by atoms with Gasteiger partial charge in [-0.3, -0.25) is 14.5 Å². The molecule has 0 N–H and O–H groups in total. The molecule has 1 aliphatic heterocycles. The largest absolute Gasteiger partial charge is 0.468 e. The van der Waals surface area contributed by atoms with Gasteiger partial charge in [-0.05, 0) is 32.6 Å². The van der Waals surface area contributed by atoms with Gasteiger partial charge < -0.3 is 9.64 Å². The normalized spacial score (nSPS) is 21.4. The van der Waals surface area contributed by atoms with E-state index < -0.39 is 0 Å². The lowest BCUT2D eigenvalue weighted by Gasteiger charge is -2.34. The zero-order chi connectivity index (χ0) is 14.5. The molecule has 0 bridgehead atoms. The van der Waals surface area contributed by atoms with Crippen LogP contribution >= 0.6 is 0 Å². The van der Waals surface area contributed by atoms with Crippen molar-refractivity contribution in [2.75, 3.05) is 26.7 Å². The molecule has 2 aliphatic rings. The standard InChI is InChI=1S/C15H26N2O3/c1-12(15(19)16-9-5-6-10-16)17(11-14(18)20-2)13-7-3-4-8-13/h12-13H,3-11H2,1-2H3. The fraction of sp³-hybridized carbons (Fsp3) is 0.867. The van der Waals surface area contributed by atoms with E-state index in [2.05, 4.69) is 4.90 Å². The second kappa shape index (κ2) is 7.07. The molecular formula is C15H26N2O3. The van der Waals surface area contributed by atoms with Crippen LogP contribution in [0.25, 0.3) is 0 Å². The van der Waals surface area contributed by atoms with Gasteiger partial charge in [0.25, 0.3) is 0 Å². The second-order valence-electron chi connectivity index (χ2n) is 5.90. The third-order valence-corrected chi connectivity index (χ3v) is 4.61. The molecule has 20 heavy (non-hydrogen) atoms. The lowest BCUT2D eigenvalue weighted by atomic mass is 10.1. The minimum Gasteiger partial charge on any atom is -0.468 e. The first-order valence-corrected chi connectivity index (χ1v) is 7.75. The van der Waals surface area contributed by atoms with Crippen LogP contribution in [0.5, 0.6) is 0 Å². The van der Waals surface area contributed by atoms with Crippen LogP contribution in [-0.4, -0.2) is 60.5 Å². The van der Waals surface area contributed by atoms with E-state index in [-0.39, 0.29) is 24.5 Å². The summed E-state index contributed by atoms with van der Waals surface area (Å²) in [6, 6.07) is 0.117. The number of hydrogen-bond acceptors (Lipinski definition) is 4. The van der Waals surface area contributed by atoms with Gasteiger partial charge in [0.1, 0.15) is 0 Å². The minimum absolute atomic E-state index is 0.165. The van der Waals surface area contributed by atoms with Gasteiger partial charge in [0.15, 0.2) is 0 Å². The predicted molar refractivity (Wildman–Crippen MR) is 76.3 cm³/mol. The fourth-order valence-electron chi connectivity index (χ4n) is 3.38. The van der Waals surface area contributed by atoms with E-state index in [1.54, 1.807) is 0 Å². The summed E-state index contributed by atoms with van der Waals surface area (Å²) in [5.74, 6) is -0.0868. The molecule has 1 aliphatic carbocycles. The van der Waals surface area contributed by atoms with Gasteiger partial charge in [-0.25, -0.2) is 0 Å². The van der Waals surface area contributed by atoms with Crippen LogP contribution in [0.1, 0.15) is 45.4 Å². The quantitative estimate of drug-likeness (QED) is 0.716. The van der Waals surface area contributed by atoms with Crippen molar-refractivity contribution < 1.29 is 14.3 Å². The minimum atomic E-state index is -0.252. The first-order valence-electron chi connectivity index (χ1n) is 7.75. The monoisotopic (exact) mass is 282 g/mol. The van der Waals surface area contributed by atoms with Gasteiger partial charge in [-0.15, -0.1) is 0 Å². The topological polar surface area (TPSA) is 49.9 Å². The fourth-order valence-corrected chi connectivity index (χ4v) is 3.38. The van der Waals surface area contributed by atoms with Crippen LogP contribution in [0.4, 0.5) is 0 Å². The van der Waals surface area contributed by atoms with Crippen molar-refractivity contribution in [3.05, 3.63) is 0 Å². The predicted octanol–water partition coefficient (Wildman–Crippen LogP) is 1.41. The van der Waals surface area contributed by atoms with Crippen LogP contribution in [0, 0.1) is 0 Å². The van der Waals surface area contributed by atoms with Crippen molar-refractivity contribution in [1.29, 1.82) is 0 Å².